The normalized spacial score (nSPS) is 12.5. The van der Waals surface area contributed by atoms with Gasteiger partial charge in [-0.2, -0.15) is 0 Å². The molecule has 1 atom stereocenters. The van der Waals surface area contributed by atoms with E-state index in [-0.39, 0.29) is 18.4 Å². The van der Waals surface area contributed by atoms with Gasteiger partial charge in [0, 0.05) is 27.6 Å². The Kier molecular flexibility index (Phi) is 4.20. The number of rotatable bonds is 2. The van der Waals surface area contributed by atoms with Crippen molar-refractivity contribution >= 4 is 39.2 Å². The highest BCUT2D eigenvalue weighted by Gasteiger charge is 2.09. The summed E-state index contributed by atoms with van der Waals surface area (Å²) in [6.45, 7) is 2.10. The molecular formula is C11H14BrClN2. The van der Waals surface area contributed by atoms with Gasteiger partial charge in [0.15, 0.2) is 0 Å². The molecule has 0 aliphatic rings. The van der Waals surface area contributed by atoms with Gasteiger partial charge in [0.25, 0.3) is 0 Å². The number of nitrogens with two attached hydrogens (primary N) is 1. The monoisotopic (exact) mass is 288 g/mol. The predicted octanol–water partition coefficient (Wildman–Crippen LogP) is 3.76. The molecule has 1 heterocycles. The average molecular weight is 290 g/mol. The van der Waals surface area contributed by atoms with Crippen LogP contribution in [0.15, 0.2) is 28.9 Å². The largest absolute Gasteiger partial charge is 0.361 e. The summed E-state index contributed by atoms with van der Waals surface area (Å²) in [5.41, 5.74) is 8.36. The molecule has 2 rings (SSSR count). The number of benzene rings is 1. The molecule has 0 saturated carbocycles. The van der Waals surface area contributed by atoms with E-state index in [0.29, 0.717) is 0 Å². The van der Waals surface area contributed by atoms with Gasteiger partial charge in [0.2, 0.25) is 0 Å². The first-order valence-corrected chi connectivity index (χ1v) is 5.53. The van der Waals surface area contributed by atoms with Crippen LogP contribution in [0.3, 0.4) is 0 Å². The molecule has 0 aliphatic heterocycles. The van der Waals surface area contributed by atoms with Crippen molar-refractivity contribution in [3.8, 4) is 0 Å². The van der Waals surface area contributed by atoms with Crippen molar-refractivity contribution in [1.29, 1.82) is 0 Å². The summed E-state index contributed by atoms with van der Waals surface area (Å²) < 4.78 is 1.09. The second kappa shape index (κ2) is 5.01. The zero-order chi connectivity index (χ0) is 10.1. The lowest BCUT2D eigenvalue weighted by molar-refractivity contribution is 0.704. The minimum absolute atomic E-state index is 0. The molecule has 1 aromatic carbocycles. The number of hydrogen-bond donors (Lipinski definition) is 2. The fourth-order valence-electron chi connectivity index (χ4n) is 1.64. The minimum atomic E-state index is 0. The van der Waals surface area contributed by atoms with Crippen LogP contribution in [0.1, 0.15) is 24.9 Å². The first-order valence-electron chi connectivity index (χ1n) is 4.74. The summed E-state index contributed by atoms with van der Waals surface area (Å²) in [4.78, 5) is 3.23. The molecule has 0 spiro atoms. The molecular weight excluding hydrogens is 275 g/mol. The van der Waals surface area contributed by atoms with E-state index in [4.69, 9.17) is 5.73 Å². The van der Waals surface area contributed by atoms with Crippen LogP contribution in [0, 0.1) is 0 Å². The van der Waals surface area contributed by atoms with Crippen molar-refractivity contribution in [3.05, 3.63) is 34.4 Å². The topological polar surface area (TPSA) is 41.8 Å². The molecule has 0 unspecified atom stereocenters. The molecule has 0 amide bonds. The maximum atomic E-state index is 6.02. The Balaban J connectivity index is 0.00000112. The lowest BCUT2D eigenvalue weighted by Crippen LogP contribution is -2.07. The Bertz CT molecular complexity index is 453. The Labute approximate surface area is 104 Å². The third-order valence-corrected chi connectivity index (χ3v) is 3.01. The fraction of sp³-hybridized carbons (Fsp3) is 0.273. The van der Waals surface area contributed by atoms with Gasteiger partial charge in [-0.1, -0.05) is 22.9 Å². The third-order valence-electron chi connectivity index (χ3n) is 2.52. The highest BCUT2D eigenvalue weighted by molar-refractivity contribution is 9.10. The van der Waals surface area contributed by atoms with Gasteiger partial charge < -0.3 is 10.7 Å². The Hall–Kier alpha value is -0.510. The smallest absolute Gasteiger partial charge is 0.0458 e. The lowest BCUT2D eigenvalue weighted by Gasteiger charge is -2.06. The molecule has 0 saturated heterocycles. The van der Waals surface area contributed by atoms with Crippen LogP contribution in [-0.2, 0) is 0 Å². The highest BCUT2D eigenvalue weighted by atomic mass is 79.9. The first-order chi connectivity index (χ1) is 6.72. The van der Waals surface area contributed by atoms with Gasteiger partial charge >= 0.3 is 0 Å². The molecule has 2 aromatic rings. The van der Waals surface area contributed by atoms with Crippen molar-refractivity contribution < 1.29 is 0 Å². The van der Waals surface area contributed by atoms with Crippen LogP contribution in [0.2, 0.25) is 0 Å². The van der Waals surface area contributed by atoms with E-state index < -0.39 is 0 Å². The quantitative estimate of drug-likeness (QED) is 0.868. The average Bonchev–Trinajstić information content (AvgIpc) is 2.59. The summed E-state index contributed by atoms with van der Waals surface area (Å²) in [5, 5.41) is 1.22. The SMILES string of the molecule is CC[C@@H](N)c1c[nH]c2ccc(Br)cc12.Cl. The van der Waals surface area contributed by atoms with Crippen molar-refractivity contribution in [2.24, 2.45) is 5.73 Å². The minimum Gasteiger partial charge on any atom is -0.361 e. The highest BCUT2D eigenvalue weighted by Crippen LogP contribution is 2.27. The van der Waals surface area contributed by atoms with Crippen LogP contribution in [0.4, 0.5) is 0 Å². The van der Waals surface area contributed by atoms with Gasteiger partial charge in [-0.3, -0.25) is 0 Å². The number of aromatic amines is 1. The number of hydrogen-bond acceptors (Lipinski definition) is 1. The van der Waals surface area contributed by atoms with Crippen molar-refractivity contribution in [2.45, 2.75) is 19.4 Å². The molecule has 0 aliphatic carbocycles. The van der Waals surface area contributed by atoms with Crippen LogP contribution in [0.25, 0.3) is 10.9 Å². The van der Waals surface area contributed by atoms with Crippen molar-refractivity contribution in [2.75, 3.05) is 0 Å². The number of nitrogens with one attached hydrogen (secondary N) is 1. The third kappa shape index (κ3) is 2.36. The second-order valence-electron chi connectivity index (χ2n) is 3.45. The lowest BCUT2D eigenvalue weighted by atomic mass is 10.0. The molecule has 82 valence electrons. The van der Waals surface area contributed by atoms with E-state index in [1.807, 2.05) is 12.3 Å². The predicted molar refractivity (Wildman–Crippen MR) is 70.5 cm³/mol. The van der Waals surface area contributed by atoms with Crippen molar-refractivity contribution in [3.63, 3.8) is 0 Å². The molecule has 4 heteroatoms. The zero-order valence-electron chi connectivity index (χ0n) is 8.46. The van der Waals surface area contributed by atoms with Crippen LogP contribution >= 0.6 is 28.3 Å². The van der Waals surface area contributed by atoms with Gasteiger partial charge in [-0.05, 0) is 30.2 Å². The van der Waals surface area contributed by atoms with Gasteiger partial charge in [0.05, 0.1) is 0 Å². The summed E-state index contributed by atoms with van der Waals surface area (Å²) in [5.74, 6) is 0. The number of halogens is 2. The maximum absolute atomic E-state index is 6.02. The molecule has 0 radical (unpaired) electrons. The van der Waals surface area contributed by atoms with E-state index in [0.717, 1.165) is 16.4 Å². The van der Waals surface area contributed by atoms with E-state index >= 15 is 0 Å². The van der Waals surface area contributed by atoms with E-state index in [1.54, 1.807) is 0 Å². The Morgan fingerprint density at radius 2 is 2.20 bits per heavy atom. The van der Waals surface area contributed by atoms with Crippen LogP contribution in [0.5, 0.6) is 0 Å². The van der Waals surface area contributed by atoms with Crippen LogP contribution in [-0.4, -0.2) is 4.98 Å². The number of fused-ring (bicyclic) bond motifs is 1. The first kappa shape index (κ1) is 12.6. The summed E-state index contributed by atoms with van der Waals surface area (Å²) in [7, 11) is 0. The molecule has 3 N–H and O–H groups in total. The van der Waals surface area contributed by atoms with E-state index in [2.05, 4.69) is 40.0 Å². The Morgan fingerprint density at radius 1 is 1.47 bits per heavy atom. The molecule has 0 bridgehead atoms. The van der Waals surface area contributed by atoms with E-state index in [1.165, 1.54) is 10.9 Å². The summed E-state index contributed by atoms with van der Waals surface area (Å²) in [6.07, 6.45) is 2.96. The van der Waals surface area contributed by atoms with Gasteiger partial charge in [0.1, 0.15) is 0 Å². The number of H-pyrrole nitrogens is 1. The molecule has 1 aromatic heterocycles. The fourth-order valence-corrected chi connectivity index (χ4v) is 2.00. The van der Waals surface area contributed by atoms with E-state index in [9.17, 15) is 0 Å². The van der Waals surface area contributed by atoms with Crippen molar-refractivity contribution in [1.82, 2.24) is 4.98 Å². The zero-order valence-corrected chi connectivity index (χ0v) is 10.9. The van der Waals surface area contributed by atoms with Gasteiger partial charge in [-0.25, -0.2) is 0 Å². The summed E-state index contributed by atoms with van der Waals surface area (Å²) in [6, 6.07) is 6.32. The standard InChI is InChI=1S/C11H13BrN2.ClH/c1-2-10(13)9-6-14-11-4-3-7(12)5-8(9)11;/h3-6,10,14H,2,13H2,1H3;1H/t10-;/m1./s1. The van der Waals surface area contributed by atoms with Gasteiger partial charge in [-0.15, -0.1) is 12.4 Å². The number of aromatic nitrogens is 1. The second-order valence-corrected chi connectivity index (χ2v) is 4.36. The molecule has 2 nitrogen and oxygen atoms in total. The van der Waals surface area contributed by atoms with Crippen LogP contribution < -0.4 is 5.73 Å². The Morgan fingerprint density at radius 3 is 2.87 bits per heavy atom. The summed E-state index contributed by atoms with van der Waals surface area (Å²) >= 11 is 3.47. The molecule has 0 fully saturated rings. The maximum Gasteiger partial charge on any atom is 0.0458 e. The molecule has 15 heavy (non-hydrogen) atoms.